The third-order valence-electron chi connectivity index (χ3n) is 6.29. The van der Waals surface area contributed by atoms with E-state index in [1.165, 1.54) is 25.5 Å². The van der Waals surface area contributed by atoms with Gasteiger partial charge in [0.25, 0.3) is 11.9 Å². The zero-order valence-electron chi connectivity index (χ0n) is 22.2. The second-order valence-corrected chi connectivity index (χ2v) is 15.1. The molecule has 37 heavy (non-hydrogen) atoms. The summed E-state index contributed by atoms with van der Waals surface area (Å²) in [4.78, 5) is 36.5. The fourth-order valence-electron chi connectivity index (χ4n) is 3.89. The average Bonchev–Trinajstić information content (AvgIpc) is 3.19. The largest absolute Gasteiger partial charge is 0.479 e. The van der Waals surface area contributed by atoms with Gasteiger partial charge in [-0.2, -0.15) is 9.97 Å². The lowest BCUT2D eigenvalue weighted by atomic mass is 10.1. The first-order chi connectivity index (χ1) is 17.5. The number of benzene rings is 1. The molecule has 3 heterocycles. The summed E-state index contributed by atoms with van der Waals surface area (Å²) in [5, 5.41) is 7.02. The smallest absolute Gasteiger partial charge is 0.289 e. The van der Waals surface area contributed by atoms with E-state index in [4.69, 9.17) is 18.9 Å². The molecule has 1 unspecified atom stereocenters. The van der Waals surface area contributed by atoms with Crippen LogP contribution in [-0.2, 0) is 14.3 Å². The molecule has 2 aliphatic heterocycles. The van der Waals surface area contributed by atoms with Crippen LogP contribution in [0.1, 0.15) is 5.56 Å². The van der Waals surface area contributed by atoms with E-state index in [1.807, 2.05) is 31.0 Å². The summed E-state index contributed by atoms with van der Waals surface area (Å²) < 4.78 is 22.3. The summed E-state index contributed by atoms with van der Waals surface area (Å²) in [7, 11) is 3.17. The zero-order valence-corrected chi connectivity index (χ0v) is 23.2. The van der Waals surface area contributed by atoms with Gasteiger partial charge in [0.15, 0.2) is 5.69 Å². The molecule has 1 fully saturated rings. The number of ketones is 1. The van der Waals surface area contributed by atoms with Crippen molar-refractivity contribution in [3.8, 4) is 17.5 Å². The Balaban J connectivity index is 1.48. The number of methoxy groups -OCH3 is 2. The van der Waals surface area contributed by atoms with E-state index in [9.17, 15) is 9.59 Å². The zero-order chi connectivity index (χ0) is 26.9. The molecule has 1 amide bonds. The number of hydrogen-bond acceptors (Lipinski definition) is 10. The molecule has 1 atom stereocenters. The van der Waals surface area contributed by atoms with Gasteiger partial charge in [0, 0.05) is 19.1 Å². The third kappa shape index (κ3) is 5.54. The Morgan fingerprint density at radius 1 is 1.14 bits per heavy atom. The van der Waals surface area contributed by atoms with E-state index in [0.717, 1.165) is 18.7 Å². The Hall–Kier alpha value is -3.64. The van der Waals surface area contributed by atoms with Crippen molar-refractivity contribution in [3.05, 3.63) is 35.8 Å². The molecule has 11 nitrogen and oxygen atoms in total. The summed E-state index contributed by atoms with van der Waals surface area (Å²) in [5.74, 6) is -0.0873. The van der Waals surface area contributed by atoms with Gasteiger partial charge < -0.3 is 34.5 Å². The Kier molecular flexibility index (Phi) is 7.41. The molecule has 0 bridgehead atoms. The maximum Gasteiger partial charge on any atom is 0.289 e. The van der Waals surface area contributed by atoms with Crippen LogP contribution in [0.15, 0.2) is 30.2 Å². The third-order valence-corrected chi connectivity index (χ3v) is 8.34. The minimum absolute atomic E-state index is 0.0385. The number of nitrogens with zero attached hydrogens (tertiary/aromatic N) is 3. The van der Waals surface area contributed by atoms with E-state index in [0.29, 0.717) is 17.7 Å². The highest BCUT2D eigenvalue weighted by atomic mass is 28.3. The Bertz CT molecular complexity index is 1210. The molecule has 1 saturated heterocycles. The molecule has 0 spiro atoms. The van der Waals surface area contributed by atoms with Gasteiger partial charge >= 0.3 is 0 Å². The molecule has 2 aliphatic rings. The number of anilines is 2. The summed E-state index contributed by atoms with van der Waals surface area (Å²) in [6.45, 7) is 10.1. The molecule has 4 rings (SSSR count). The quantitative estimate of drug-likeness (QED) is 0.367. The minimum atomic E-state index is -1.58. The highest BCUT2D eigenvalue weighted by Gasteiger charge is 2.37. The first-order valence-corrected chi connectivity index (χ1v) is 15.5. The Morgan fingerprint density at radius 2 is 1.78 bits per heavy atom. The Morgan fingerprint density at radius 3 is 2.35 bits per heavy atom. The number of aryl methyl sites for hydroxylation is 1. The van der Waals surface area contributed by atoms with Crippen LogP contribution in [0.2, 0.25) is 19.6 Å². The van der Waals surface area contributed by atoms with E-state index < -0.39 is 25.9 Å². The summed E-state index contributed by atoms with van der Waals surface area (Å²) >= 11 is 0. The monoisotopic (exact) mass is 527 g/mol. The second kappa shape index (κ2) is 10.4. The van der Waals surface area contributed by atoms with Gasteiger partial charge in [0.2, 0.25) is 29.6 Å². The van der Waals surface area contributed by atoms with Crippen molar-refractivity contribution in [1.82, 2.24) is 15.3 Å². The van der Waals surface area contributed by atoms with Crippen molar-refractivity contribution < 1.29 is 28.5 Å². The predicted molar refractivity (Wildman–Crippen MR) is 142 cm³/mol. The van der Waals surface area contributed by atoms with Gasteiger partial charge in [-0.25, -0.2) is 0 Å². The lowest BCUT2D eigenvalue weighted by Crippen LogP contribution is -2.57. The van der Waals surface area contributed by atoms with Crippen molar-refractivity contribution in [1.29, 1.82) is 0 Å². The average molecular weight is 528 g/mol. The number of amides is 1. The van der Waals surface area contributed by atoms with Crippen molar-refractivity contribution in [2.75, 3.05) is 44.6 Å². The number of hydrogen-bond donors (Lipinski definition) is 2. The fourth-order valence-corrected chi connectivity index (χ4v) is 5.04. The van der Waals surface area contributed by atoms with Crippen LogP contribution in [0.3, 0.4) is 0 Å². The number of nitrogens with one attached hydrogen (secondary N) is 2. The minimum Gasteiger partial charge on any atom is -0.479 e. The molecule has 1 aromatic heterocycles. The van der Waals surface area contributed by atoms with Crippen molar-refractivity contribution >= 4 is 36.6 Å². The van der Waals surface area contributed by atoms with Crippen LogP contribution >= 0.6 is 0 Å². The first-order valence-electron chi connectivity index (χ1n) is 12.0. The van der Waals surface area contributed by atoms with Gasteiger partial charge in [-0.3, -0.25) is 9.59 Å². The van der Waals surface area contributed by atoms with E-state index in [1.54, 1.807) is 0 Å². The number of aromatic nitrogens is 2. The van der Waals surface area contributed by atoms with Crippen LogP contribution in [0.25, 0.3) is 0 Å². The molecule has 0 aliphatic carbocycles. The number of carbonyl (C=O) groups excluding carboxylic acids is 2. The summed E-state index contributed by atoms with van der Waals surface area (Å²) in [5.41, 5.74) is 0.996. The second-order valence-electron chi connectivity index (χ2n) is 9.99. The molecule has 198 valence electrons. The van der Waals surface area contributed by atoms with E-state index >= 15 is 0 Å². The highest BCUT2D eigenvalue weighted by molar-refractivity contribution is 6.88. The lowest BCUT2D eigenvalue weighted by Gasteiger charge is -2.39. The predicted octanol–water partition coefficient (Wildman–Crippen LogP) is 1.58. The summed E-state index contributed by atoms with van der Waals surface area (Å²) in [6, 6.07) is 6.38. The SMILES string of the molecule is CNC1CN(c2nc(OC)c(NC(=O)C3OC(Oc4cc([Si](C)(C)C)ccc4C)=CC3=O)c(OC)n2)C1. The van der Waals surface area contributed by atoms with Gasteiger partial charge in [-0.1, -0.05) is 37.0 Å². The van der Waals surface area contributed by atoms with Crippen molar-refractivity contribution in [3.63, 3.8) is 0 Å². The fraction of sp³-hybridized carbons (Fsp3) is 0.440. The maximum atomic E-state index is 13.1. The molecule has 1 aromatic carbocycles. The van der Waals surface area contributed by atoms with Crippen LogP contribution in [0.5, 0.6) is 17.5 Å². The normalized spacial score (nSPS) is 17.6. The van der Waals surface area contributed by atoms with Gasteiger partial charge in [-0.15, -0.1) is 0 Å². The van der Waals surface area contributed by atoms with E-state index in [-0.39, 0.29) is 23.4 Å². The Labute approximate surface area is 217 Å². The van der Waals surface area contributed by atoms with Crippen LogP contribution < -0.4 is 34.9 Å². The molecule has 0 radical (unpaired) electrons. The number of carbonyl (C=O) groups is 2. The lowest BCUT2D eigenvalue weighted by molar-refractivity contribution is -0.134. The first kappa shape index (κ1) is 26.4. The number of likely N-dealkylation sites (N-methyl/N-ethyl adjacent to an activating group) is 1. The molecule has 2 aromatic rings. The number of ether oxygens (including phenoxy) is 4. The van der Waals surface area contributed by atoms with Gasteiger partial charge in [0.05, 0.1) is 28.4 Å². The molecular formula is C25H33N5O6Si. The van der Waals surface area contributed by atoms with Crippen molar-refractivity contribution in [2.24, 2.45) is 0 Å². The van der Waals surface area contributed by atoms with Crippen LogP contribution in [0, 0.1) is 6.92 Å². The molecule has 2 N–H and O–H groups in total. The van der Waals surface area contributed by atoms with Crippen LogP contribution in [-0.4, -0.2) is 76.2 Å². The summed E-state index contributed by atoms with van der Waals surface area (Å²) in [6.07, 6.45) is -0.252. The number of rotatable bonds is 9. The van der Waals surface area contributed by atoms with Crippen molar-refractivity contribution in [2.45, 2.75) is 38.7 Å². The molecular weight excluding hydrogens is 494 g/mol. The van der Waals surface area contributed by atoms with Gasteiger partial charge in [-0.05, 0) is 25.6 Å². The van der Waals surface area contributed by atoms with E-state index in [2.05, 4.69) is 46.3 Å². The van der Waals surface area contributed by atoms with Crippen LogP contribution in [0.4, 0.5) is 11.6 Å². The topological polar surface area (TPSA) is 124 Å². The van der Waals surface area contributed by atoms with Gasteiger partial charge in [0.1, 0.15) is 5.75 Å². The standard InChI is InChI=1S/C25H33N5O6Si/c1-14-8-9-16(37(5,6)7)10-18(14)35-19-11-17(31)21(36-19)22(32)27-20-23(33-3)28-25(29-24(20)34-4)30-12-15(13-30)26-2/h8-11,15,21,26H,12-13H2,1-7H3,(H,27,32). The molecule has 12 heteroatoms. The maximum absolute atomic E-state index is 13.1. The highest BCUT2D eigenvalue weighted by Crippen LogP contribution is 2.35. The molecule has 0 saturated carbocycles.